The number of anilines is 2. The summed E-state index contributed by atoms with van der Waals surface area (Å²) in [5.41, 5.74) is 4.31. The number of unbranched alkanes of at least 4 members (excludes halogenated alkanes) is 1. The molecule has 0 saturated carbocycles. The molecule has 3 N–H and O–H groups in total. The Morgan fingerprint density at radius 3 is 2.80 bits per heavy atom. The van der Waals surface area contributed by atoms with E-state index in [0.717, 1.165) is 61.3 Å². The zero-order chi connectivity index (χ0) is 28.2. The van der Waals surface area contributed by atoms with Crippen molar-refractivity contribution in [2.75, 3.05) is 50.5 Å². The number of pyridine rings is 2. The van der Waals surface area contributed by atoms with Crippen molar-refractivity contribution in [2.24, 2.45) is 0 Å². The molecule has 2 aromatic heterocycles. The first-order chi connectivity index (χ1) is 19.5. The molecule has 0 amide bonds. The van der Waals surface area contributed by atoms with Crippen LogP contribution in [0.3, 0.4) is 0 Å². The maximum absolute atomic E-state index is 14.5. The van der Waals surface area contributed by atoms with E-state index < -0.39 is 18.2 Å². The molecule has 0 bridgehead atoms. The highest BCUT2D eigenvalue weighted by Crippen LogP contribution is 2.22. The highest BCUT2D eigenvalue weighted by molar-refractivity contribution is 5.77. The predicted molar refractivity (Wildman–Crippen MR) is 157 cm³/mol. The van der Waals surface area contributed by atoms with Crippen molar-refractivity contribution in [3.05, 3.63) is 72.1 Å². The molecule has 8 nitrogen and oxygen atoms in total. The SMILES string of the molecule is COCC(F)CN(CCCCc1ccc2c(n1)NCCC2)CCC(Nc1cc(-c2ccccc2)ccn1)C(=O)O. The monoisotopic (exact) mass is 549 g/mol. The van der Waals surface area contributed by atoms with E-state index in [2.05, 4.69) is 27.8 Å². The number of hydrogen-bond acceptors (Lipinski definition) is 7. The lowest BCUT2D eigenvalue weighted by Gasteiger charge is -2.26. The van der Waals surface area contributed by atoms with Crippen LogP contribution < -0.4 is 10.6 Å². The number of carboxylic acid groups (broad SMARTS) is 1. The third kappa shape index (κ3) is 8.99. The number of alkyl halides is 1. The zero-order valence-corrected chi connectivity index (χ0v) is 23.2. The zero-order valence-electron chi connectivity index (χ0n) is 23.2. The fraction of sp³-hybridized carbons (Fsp3) is 0.452. The molecular weight excluding hydrogens is 509 g/mol. The second kappa shape index (κ2) is 15.3. The number of fused-ring (bicyclic) bond motifs is 1. The number of nitrogens with one attached hydrogen (secondary N) is 2. The number of aromatic nitrogens is 2. The number of aliphatic carboxylic acids is 1. The molecule has 3 aromatic rings. The van der Waals surface area contributed by atoms with Gasteiger partial charge in [0.2, 0.25) is 0 Å². The molecule has 3 heterocycles. The standard InChI is InChI=1S/C31H40FN5O3/c1-40-22-26(32)21-37(18-6-5-11-27-13-12-24-10-7-16-34-30(24)35-27)19-15-28(31(38)39)36-29-20-25(14-17-33-29)23-8-3-2-4-9-23/h2-4,8-9,12-14,17,20,26,28H,5-7,10-11,15-16,18-19,21-22H2,1H3,(H,33,36)(H,34,35)(H,38,39). The normalized spacial score (nSPS) is 14.3. The van der Waals surface area contributed by atoms with Gasteiger partial charge in [-0.05, 0) is 80.0 Å². The third-order valence-corrected chi connectivity index (χ3v) is 7.13. The summed E-state index contributed by atoms with van der Waals surface area (Å²) in [5.74, 6) is 0.531. The first-order valence-corrected chi connectivity index (χ1v) is 14.1. The summed E-state index contributed by atoms with van der Waals surface area (Å²) >= 11 is 0. The smallest absolute Gasteiger partial charge is 0.326 e. The second-order valence-electron chi connectivity index (χ2n) is 10.3. The molecule has 0 radical (unpaired) electrons. The topological polar surface area (TPSA) is 99.6 Å². The van der Waals surface area contributed by atoms with Crippen molar-refractivity contribution in [3.63, 3.8) is 0 Å². The Kier molecular flexibility index (Phi) is 11.2. The molecule has 40 heavy (non-hydrogen) atoms. The molecule has 4 rings (SSSR count). The Morgan fingerprint density at radius 2 is 2.00 bits per heavy atom. The van der Waals surface area contributed by atoms with E-state index in [-0.39, 0.29) is 13.2 Å². The van der Waals surface area contributed by atoms with Crippen molar-refractivity contribution >= 4 is 17.6 Å². The van der Waals surface area contributed by atoms with Gasteiger partial charge in [-0.15, -0.1) is 0 Å². The molecule has 1 aliphatic rings. The van der Waals surface area contributed by atoms with E-state index in [9.17, 15) is 14.3 Å². The summed E-state index contributed by atoms with van der Waals surface area (Å²) in [7, 11) is 1.48. The maximum Gasteiger partial charge on any atom is 0.326 e. The van der Waals surface area contributed by atoms with Gasteiger partial charge in [-0.1, -0.05) is 36.4 Å². The number of carboxylic acids is 1. The summed E-state index contributed by atoms with van der Waals surface area (Å²) in [6.45, 7) is 2.28. The van der Waals surface area contributed by atoms with Crippen LogP contribution in [0.4, 0.5) is 16.0 Å². The summed E-state index contributed by atoms with van der Waals surface area (Å²) in [5, 5.41) is 16.4. The summed E-state index contributed by atoms with van der Waals surface area (Å²) < 4.78 is 19.5. The van der Waals surface area contributed by atoms with Crippen molar-refractivity contribution in [2.45, 2.75) is 50.7 Å². The van der Waals surface area contributed by atoms with Gasteiger partial charge >= 0.3 is 5.97 Å². The van der Waals surface area contributed by atoms with Crippen LogP contribution in [0, 0.1) is 0 Å². The van der Waals surface area contributed by atoms with Crippen LogP contribution in [0.5, 0.6) is 0 Å². The number of carbonyl (C=O) groups is 1. The Morgan fingerprint density at radius 1 is 1.15 bits per heavy atom. The van der Waals surface area contributed by atoms with Gasteiger partial charge < -0.3 is 25.4 Å². The van der Waals surface area contributed by atoms with E-state index in [4.69, 9.17) is 9.72 Å². The number of hydrogen-bond donors (Lipinski definition) is 3. The Hall–Kier alpha value is -3.56. The van der Waals surface area contributed by atoms with Crippen molar-refractivity contribution in [3.8, 4) is 11.1 Å². The van der Waals surface area contributed by atoms with E-state index in [1.54, 1.807) is 6.20 Å². The minimum absolute atomic E-state index is 0.0132. The second-order valence-corrected chi connectivity index (χ2v) is 10.3. The lowest BCUT2D eigenvalue weighted by atomic mass is 10.1. The average Bonchev–Trinajstić information content (AvgIpc) is 2.97. The Bertz CT molecular complexity index is 1210. The first-order valence-electron chi connectivity index (χ1n) is 14.1. The number of methoxy groups -OCH3 is 1. The van der Waals surface area contributed by atoms with Crippen LogP contribution in [0.2, 0.25) is 0 Å². The summed E-state index contributed by atoms with van der Waals surface area (Å²) in [4.78, 5) is 23.2. The molecule has 2 unspecified atom stereocenters. The van der Waals surface area contributed by atoms with E-state index >= 15 is 0 Å². The van der Waals surface area contributed by atoms with Crippen molar-refractivity contribution in [1.82, 2.24) is 14.9 Å². The molecule has 0 saturated heterocycles. The van der Waals surface area contributed by atoms with Crippen LogP contribution in [-0.2, 0) is 22.4 Å². The molecule has 214 valence electrons. The van der Waals surface area contributed by atoms with Gasteiger partial charge in [0.05, 0.1) is 6.61 Å². The molecular formula is C31H40FN5O3. The third-order valence-electron chi connectivity index (χ3n) is 7.13. The minimum atomic E-state index is -1.14. The summed E-state index contributed by atoms with van der Waals surface area (Å²) in [6.07, 6.45) is 5.67. The van der Waals surface area contributed by atoms with Crippen LogP contribution >= 0.6 is 0 Å². The lowest BCUT2D eigenvalue weighted by Crippen LogP contribution is -2.38. The fourth-order valence-corrected chi connectivity index (χ4v) is 5.02. The minimum Gasteiger partial charge on any atom is -0.480 e. The highest BCUT2D eigenvalue weighted by Gasteiger charge is 2.21. The number of aryl methyl sites for hydroxylation is 2. The Balaban J connectivity index is 1.32. The number of benzene rings is 1. The van der Waals surface area contributed by atoms with E-state index in [1.165, 1.54) is 12.7 Å². The van der Waals surface area contributed by atoms with Gasteiger partial charge in [0.1, 0.15) is 23.8 Å². The first kappa shape index (κ1) is 29.4. The van der Waals surface area contributed by atoms with E-state index in [0.29, 0.717) is 25.3 Å². The molecule has 1 aromatic carbocycles. The van der Waals surface area contributed by atoms with Crippen LogP contribution in [0.15, 0.2) is 60.8 Å². The van der Waals surface area contributed by atoms with Crippen molar-refractivity contribution < 1.29 is 19.0 Å². The van der Waals surface area contributed by atoms with E-state index in [1.807, 2.05) is 47.4 Å². The van der Waals surface area contributed by atoms with Gasteiger partial charge in [0.15, 0.2) is 0 Å². The Labute approximate surface area is 236 Å². The van der Waals surface area contributed by atoms with Crippen LogP contribution in [-0.4, -0.2) is 78.1 Å². The molecule has 0 fully saturated rings. The number of nitrogens with zero attached hydrogens (tertiary/aromatic N) is 3. The van der Waals surface area contributed by atoms with Gasteiger partial charge in [-0.2, -0.15) is 0 Å². The fourth-order valence-electron chi connectivity index (χ4n) is 5.02. The molecule has 9 heteroatoms. The molecule has 1 aliphatic heterocycles. The van der Waals surface area contributed by atoms with Gasteiger partial charge in [-0.3, -0.25) is 0 Å². The lowest BCUT2D eigenvalue weighted by molar-refractivity contribution is -0.138. The largest absolute Gasteiger partial charge is 0.480 e. The number of rotatable bonds is 16. The molecule has 2 atom stereocenters. The highest BCUT2D eigenvalue weighted by atomic mass is 19.1. The predicted octanol–water partition coefficient (Wildman–Crippen LogP) is 5.07. The number of halogens is 1. The van der Waals surface area contributed by atoms with Gasteiger partial charge in [-0.25, -0.2) is 19.2 Å². The van der Waals surface area contributed by atoms with Crippen LogP contribution in [0.25, 0.3) is 11.1 Å². The number of ether oxygens (including phenoxy) is 1. The van der Waals surface area contributed by atoms with Crippen LogP contribution in [0.1, 0.15) is 36.9 Å². The van der Waals surface area contributed by atoms with Gasteiger partial charge in [0.25, 0.3) is 0 Å². The molecule has 0 aliphatic carbocycles. The quantitative estimate of drug-likeness (QED) is 0.213. The summed E-state index contributed by atoms with van der Waals surface area (Å²) in [6, 6.07) is 17.0. The van der Waals surface area contributed by atoms with Crippen molar-refractivity contribution in [1.29, 1.82) is 0 Å². The maximum atomic E-state index is 14.5. The van der Waals surface area contributed by atoms with Gasteiger partial charge in [0, 0.05) is 38.6 Å². The molecule has 0 spiro atoms. The average molecular weight is 550 g/mol.